The molecule has 0 aromatic carbocycles. The van der Waals surface area contributed by atoms with Crippen molar-refractivity contribution in [3.8, 4) is 0 Å². The first-order chi connectivity index (χ1) is 6.07. The van der Waals surface area contributed by atoms with Crippen molar-refractivity contribution in [2.75, 3.05) is 0 Å². The van der Waals surface area contributed by atoms with Gasteiger partial charge in [-0.1, -0.05) is 0 Å². The molecule has 0 spiro atoms. The van der Waals surface area contributed by atoms with Gasteiger partial charge < -0.3 is 10.1 Å². The van der Waals surface area contributed by atoms with Gasteiger partial charge in [0.25, 0.3) is 0 Å². The van der Waals surface area contributed by atoms with Crippen LogP contribution in [0.15, 0.2) is 18.5 Å². The predicted molar refractivity (Wildman–Crippen MR) is 49.1 cm³/mol. The smallest absolute Gasteiger partial charge is 0.177 e. The molecule has 0 saturated heterocycles. The van der Waals surface area contributed by atoms with Crippen LogP contribution in [0, 0.1) is 0 Å². The molecule has 0 bridgehead atoms. The molecule has 2 heterocycles. The Morgan fingerprint density at radius 3 is 2.85 bits per heavy atom. The van der Waals surface area contributed by atoms with Gasteiger partial charge in [0.2, 0.25) is 0 Å². The van der Waals surface area contributed by atoms with Crippen LogP contribution in [0.2, 0.25) is 0 Å². The van der Waals surface area contributed by atoms with Crippen molar-refractivity contribution in [3.63, 3.8) is 0 Å². The summed E-state index contributed by atoms with van der Waals surface area (Å²) in [6.45, 7) is 3.40. The molecule has 2 aromatic rings. The second-order valence-electron chi connectivity index (χ2n) is 3.53. The molecule has 0 saturated carbocycles. The van der Waals surface area contributed by atoms with Gasteiger partial charge in [0.15, 0.2) is 5.65 Å². The number of aromatic amines is 1. The van der Waals surface area contributed by atoms with Gasteiger partial charge in [0.1, 0.15) is 5.60 Å². The van der Waals surface area contributed by atoms with E-state index in [1.807, 2.05) is 6.07 Å². The third kappa shape index (κ3) is 1.40. The van der Waals surface area contributed by atoms with E-state index >= 15 is 0 Å². The number of H-pyrrole nitrogens is 1. The second-order valence-corrected chi connectivity index (χ2v) is 3.53. The quantitative estimate of drug-likeness (QED) is 0.687. The fourth-order valence-corrected chi connectivity index (χ4v) is 1.16. The monoisotopic (exact) mass is 177 g/mol. The van der Waals surface area contributed by atoms with E-state index < -0.39 is 5.60 Å². The number of imidazole rings is 1. The van der Waals surface area contributed by atoms with Crippen LogP contribution in [0.25, 0.3) is 11.2 Å². The summed E-state index contributed by atoms with van der Waals surface area (Å²) in [5, 5.41) is 9.69. The number of aromatic nitrogens is 3. The molecule has 0 amide bonds. The largest absolute Gasteiger partial charge is 0.384 e. The number of hydrogen-bond acceptors (Lipinski definition) is 3. The Bertz CT molecular complexity index is 428. The van der Waals surface area contributed by atoms with Crippen molar-refractivity contribution in [2.45, 2.75) is 19.4 Å². The van der Waals surface area contributed by atoms with Crippen LogP contribution in [-0.4, -0.2) is 20.1 Å². The fraction of sp³-hybridized carbons (Fsp3) is 0.333. The third-order valence-corrected chi connectivity index (χ3v) is 1.91. The van der Waals surface area contributed by atoms with Crippen LogP contribution in [0.5, 0.6) is 0 Å². The van der Waals surface area contributed by atoms with Gasteiger partial charge in [0.05, 0.1) is 17.5 Å². The van der Waals surface area contributed by atoms with Gasteiger partial charge in [-0.3, -0.25) is 0 Å². The maximum atomic E-state index is 9.69. The topological polar surface area (TPSA) is 61.8 Å². The Morgan fingerprint density at radius 2 is 2.15 bits per heavy atom. The SMILES string of the molecule is CC(C)(O)c1ccc2[nH]cnc2n1. The molecule has 0 aliphatic rings. The Hall–Kier alpha value is -1.42. The van der Waals surface area contributed by atoms with Crippen LogP contribution in [0.1, 0.15) is 19.5 Å². The normalized spacial score (nSPS) is 12.2. The van der Waals surface area contributed by atoms with Crippen LogP contribution in [-0.2, 0) is 5.60 Å². The van der Waals surface area contributed by atoms with E-state index in [0.29, 0.717) is 11.3 Å². The van der Waals surface area contributed by atoms with Gasteiger partial charge >= 0.3 is 0 Å². The zero-order valence-corrected chi connectivity index (χ0v) is 7.57. The van der Waals surface area contributed by atoms with E-state index in [4.69, 9.17) is 0 Å². The van der Waals surface area contributed by atoms with Crippen molar-refractivity contribution in [3.05, 3.63) is 24.2 Å². The number of pyridine rings is 1. The lowest BCUT2D eigenvalue weighted by molar-refractivity contribution is 0.0742. The van der Waals surface area contributed by atoms with Crippen LogP contribution in [0.4, 0.5) is 0 Å². The summed E-state index contributed by atoms with van der Waals surface area (Å²) < 4.78 is 0. The molecule has 2 aromatic heterocycles. The summed E-state index contributed by atoms with van der Waals surface area (Å²) in [5.74, 6) is 0. The van der Waals surface area contributed by atoms with Gasteiger partial charge in [-0.25, -0.2) is 9.97 Å². The van der Waals surface area contributed by atoms with Crippen LogP contribution >= 0.6 is 0 Å². The van der Waals surface area contributed by atoms with E-state index in [2.05, 4.69) is 15.0 Å². The molecule has 0 radical (unpaired) electrons. The number of nitrogens with one attached hydrogen (secondary N) is 1. The Balaban J connectivity index is 2.61. The molecule has 13 heavy (non-hydrogen) atoms. The molecule has 4 heteroatoms. The number of nitrogens with zero attached hydrogens (tertiary/aromatic N) is 2. The summed E-state index contributed by atoms with van der Waals surface area (Å²) in [4.78, 5) is 11.2. The number of hydrogen-bond donors (Lipinski definition) is 2. The fourth-order valence-electron chi connectivity index (χ4n) is 1.16. The zero-order chi connectivity index (χ0) is 9.47. The highest BCUT2D eigenvalue weighted by atomic mass is 16.3. The molecule has 0 unspecified atom stereocenters. The number of fused-ring (bicyclic) bond motifs is 1. The number of rotatable bonds is 1. The lowest BCUT2D eigenvalue weighted by Crippen LogP contribution is -2.17. The average molecular weight is 177 g/mol. The van der Waals surface area contributed by atoms with E-state index in [0.717, 1.165) is 5.52 Å². The highest BCUT2D eigenvalue weighted by molar-refractivity contribution is 5.69. The summed E-state index contributed by atoms with van der Waals surface area (Å²) in [5.41, 5.74) is 1.24. The molecule has 2 rings (SSSR count). The average Bonchev–Trinajstić information content (AvgIpc) is 2.47. The molecule has 2 N–H and O–H groups in total. The van der Waals surface area contributed by atoms with Crippen molar-refractivity contribution < 1.29 is 5.11 Å². The summed E-state index contributed by atoms with van der Waals surface area (Å²) >= 11 is 0. The Morgan fingerprint density at radius 1 is 1.38 bits per heavy atom. The summed E-state index contributed by atoms with van der Waals surface area (Å²) in [6, 6.07) is 3.66. The zero-order valence-electron chi connectivity index (χ0n) is 7.57. The maximum Gasteiger partial charge on any atom is 0.177 e. The minimum absolute atomic E-state index is 0.632. The molecular formula is C9H11N3O. The van der Waals surface area contributed by atoms with Crippen LogP contribution in [0.3, 0.4) is 0 Å². The molecule has 68 valence electrons. The lowest BCUT2D eigenvalue weighted by atomic mass is 10.1. The summed E-state index contributed by atoms with van der Waals surface area (Å²) in [7, 11) is 0. The van der Waals surface area contributed by atoms with Gasteiger partial charge in [-0.2, -0.15) is 0 Å². The van der Waals surface area contributed by atoms with Crippen LogP contribution < -0.4 is 0 Å². The van der Waals surface area contributed by atoms with E-state index in [-0.39, 0.29) is 0 Å². The van der Waals surface area contributed by atoms with Gasteiger partial charge in [-0.15, -0.1) is 0 Å². The first kappa shape index (κ1) is 8.19. The first-order valence-electron chi connectivity index (χ1n) is 4.10. The lowest BCUT2D eigenvalue weighted by Gasteiger charge is -2.15. The van der Waals surface area contributed by atoms with Crippen molar-refractivity contribution in [1.29, 1.82) is 0 Å². The summed E-state index contributed by atoms with van der Waals surface area (Å²) in [6.07, 6.45) is 1.59. The molecule has 0 atom stereocenters. The van der Waals surface area contributed by atoms with E-state index in [9.17, 15) is 5.11 Å². The molecule has 0 aliphatic heterocycles. The molecule has 4 nitrogen and oxygen atoms in total. The standard InChI is InChI=1S/C9H11N3O/c1-9(2,13)7-4-3-6-8(12-7)11-5-10-6/h3-5,13H,1-2H3,(H,10,11,12). The maximum absolute atomic E-state index is 9.69. The van der Waals surface area contributed by atoms with E-state index in [1.165, 1.54) is 0 Å². The second kappa shape index (κ2) is 2.53. The first-order valence-corrected chi connectivity index (χ1v) is 4.10. The van der Waals surface area contributed by atoms with E-state index in [1.54, 1.807) is 26.2 Å². The Labute approximate surface area is 75.7 Å². The molecule has 0 fully saturated rings. The molecular weight excluding hydrogens is 166 g/mol. The highest BCUT2D eigenvalue weighted by Gasteiger charge is 2.17. The van der Waals surface area contributed by atoms with Gasteiger partial charge in [-0.05, 0) is 26.0 Å². The highest BCUT2D eigenvalue weighted by Crippen LogP contribution is 2.18. The predicted octanol–water partition coefficient (Wildman–Crippen LogP) is 1.19. The Kier molecular flexibility index (Phi) is 1.60. The minimum atomic E-state index is -0.910. The van der Waals surface area contributed by atoms with Crippen molar-refractivity contribution in [2.24, 2.45) is 0 Å². The van der Waals surface area contributed by atoms with Crippen molar-refractivity contribution >= 4 is 11.2 Å². The molecule has 0 aliphatic carbocycles. The minimum Gasteiger partial charge on any atom is -0.384 e. The van der Waals surface area contributed by atoms with Gasteiger partial charge in [0, 0.05) is 0 Å². The number of aliphatic hydroxyl groups is 1. The van der Waals surface area contributed by atoms with Crippen molar-refractivity contribution in [1.82, 2.24) is 15.0 Å². The third-order valence-electron chi connectivity index (χ3n) is 1.91.